The van der Waals surface area contributed by atoms with Crippen molar-refractivity contribution in [3.05, 3.63) is 0 Å². The lowest BCUT2D eigenvalue weighted by Gasteiger charge is -2.42. The number of carbonyl (C=O) groups is 5. The van der Waals surface area contributed by atoms with Crippen molar-refractivity contribution in [1.29, 1.82) is 0 Å². The van der Waals surface area contributed by atoms with E-state index in [2.05, 4.69) is 5.32 Å². The zero-order valence-electron chi connectivity index (χ0n) is 12.6. The standard InChI is InChI=1S/C14H19N3O6/c18-8-9(7-13(21)22)15-14(23)10-3-2-6-16-11(19)4-1-5-12(20)17(10)16/h8-10H,1-7H2,(H,15,23)(H,21,22)/t9?,10-/m0/s1. The van der Waals surface area contributed by atoms with Crippen LogP contribution in [0.2, 0.25) is 0 Å². The third kappa shape index (κ3) is 3.85. The molecule has 2 heterocycles. The van der Waals surface area contributed by atoms with Gasteiger partial charge in [-0.3, -0.25) is 24.2 Å². The minimum absolute atomic E-state index is 0.179. The lowest BCUT2D eigenvalue weighted by Crippen LogP contribution is -2.61. The van der Waals surface area contributed by atoms with Gasteiger partial charge in [0.25, 0.3) is 0 Å². The highest BCUT2D eigenvalue weighted by molar-refractivity contribution is 5.92. The van der Waals surface area contributed by atoms with Crippen LogP contribution < -0.4 is 5.32 Å². The average Bonchev–Trinajstić information content (AvgIpc) is 2.65. The molecule has 0 aliphatic carbocycles. The molecule has 2 aliphatic heterocycles. The maximum atomic E-state index is 12.4. The molecule has 2 fully saturated rings. The summed E-state index contributed by atoms with van der Waals surface area (Å²) in [6.07, 6.45) is 1.61. The smallest absolute Gasteiger partial charge is 0.305 e. The van der Waals surface area contributed by atoms with Gasteiger partial charge in [0.1, 0.15) is 12.3 Å². The molecule has 0 aromatic heterocycles. The Morgan fingerprint density at radius 3 is 2.61 bits per heavy atom. The predicted molar refractivity (Wildman–Crippen MR) is 75.7 cm³/mol. The molecule has 3 amide bonds. The van der Waals surface area contributed by atoms with Crippen LogP contribution in [0.15, 0.2) is 0 Å². The van der Waals surface area contributed by atoms with Crippen LogP contribution in [0, 0.1) is 0 Å². The number of carboxylic acid groups (broad SMARTS) is 1. The molecule has 126 valence electrons. The monoisotopic (exact) mass is 325 g/mol. The van der Waals surface area contributed by atoms with Crippen molar-refractivity contribution in [2.24, 2.45) is 0 Å². The molecule has 2 aliphatic rings. The van der Waals surface area contributed by atoms with E-state index in [1.54, 1.807) is 0 Å². The van der Waals surface area contributed by atoms with Gasteiger partial charge in [0.2, 0.25) is 17.7 Å². The molecule has 9 nitrogen and oxygen atoms in total. The summed E-state index contributed by atoms with van der Waals surface area (Å²) in [4.78, 5) is 58.2. The van der Waals surface area contributed by atoms with E-state index in [-0.39, 0.29) is 24.7 Å². The number of hydrazine groups is 1. The minimum Gasteiger partial charge on any atom is -0.481 e. The summed E-state index contributed by atoms with van der Waals surface area (Å²) >= 11 is 0. The lowest BCUT2D eigenvalue weighted by molar-refractivity contribution is -0.175. The Balaban J connectivity index is 2.14. The molecule has 0 spiro atoms. The van der Waals surface area contributed by atoms with Crippen molar-refractivity contribution in [2.45, 2.75) is 50.6 Å². The lowest BCUT2D eigenvalue weighted by atomic mass is 10.1. The van der Waals surface area contributed by atoms with E-state index in [9.17, 15) is 24.0 Å². The molecule has 2 N–H and O–H groups in total. The van der Waals surface area contributed by atoms with Crippen molar-refractivity contribution in [2.75, 3.05) is 6.54 Å². The summed E-state index contributed by atoms with van der Waals surface area (Å²) in [6, 6.07) is -2.05. The van der Waals surface area contributed by atoms with Gasteiger partial charge in [-0.05, 0) is 19.3 Å². The molecule has 0 radical (unpaired) electrons. The number of hydrogen-bond acceptors (Lipinski definition) is 5. The molecule has 0 bridgehead atoms. The quantitative estimate of drug-likeness (QED) is 0.629. The normalized spacial score (nSPS) is 22.9. The van der Waals surface area contributed by atoms with Gasteiger partial charge in [0.05, 0.1) is 12.5 Å². The summed E-state index contributed by atoms with van der Waals surface area (Å²) in [7, 11) is 0. The Morgan fingerprint density at radius 1 is 1.26 bits per heavy atom. The van der Waals surface area contributed by atoms with Crippen molar-refractivity contribution < 1.29 is 29.1 Å². The molecular weight excluding hydrogens is 306 g/mol. The summed E-state index contributed by atoms with van der Waals surface area (Å²) in [5.41, 5.74) is 0. The number of aldehydes is 1. The molecular formula is C14H19N3O6. The third-order valence-electron chi connectivity index (χ3n) is 3.92. The van der Waals surface area contributed by atoms with Gasteiger partial charge in [-0.25, -0.2) is 5.01 Å². The molecule has 0 aromatic carbocycles. The molecule has 2 atom stereocenters. The van der Waals surface area contributed by atoms with Gasteiger partial charge in [-0.2, -0.15) is 0 Å². The number of amides is 3. The van der Waals surface area contributed by atoms with E-state index in [4.69, 9.17) is 5.11 Å². The SMILES string of the molecule is O=CC(CC(=O)O)NC(=O)[C@@H]1CCCN2C(=O)CCCC(=O)N12. The number of carboxylic acids is 1. The van der Waals surface area contributed by atoms with E-state index in [0.717, 1.165) is 0 Å². The van der Waals surface area contributed by atoms with Crippen LogP contribution >= 0.6 is 0 Å². The maximum Gasteiger partial charge on any atom is 0.305 e. The van der Waals surface area contributed by atoms with Crippen molar-refractivity contribution >= 4 is 30.0 Å². The first kappa shape index (κ1) is 16.9. The van der Waals surface area contributed by atoms with Gasteiger partial charge in [0.15, 0.2) is 0 Å². The Morgan fingerprint density at radius 2 is 1.96 bits per heavy atom. The first-order valence-corrected chi connectivity index (χ1v) is 7.54. The Kier molecular flexibility index (Phi) is 5.30. The number of fused-ring (bicyclic) bond motifs is 1. The zero-order valence-corrected chi connectivity index (χ0v) is 12.6. The topological polar surface area (TPSA) is 124 Å². The largest absolute Gasteiger partial charge is 0.481 e. The van der Waals surface area contributed by atoms with Crippen LogP contribution in [-0.4, -0.2) is 63.7 Å². The van der Waals surface area contributed by atoms with E-state index in [1.807, 2.05) is 0 Å². The van der Waals surface area contributed by atoms with Crippen LogP contribution in [0.3, 0.4) is 0 Å². The molecule has 2 rings (SSSR count). The summed E-state index contributed by atoms with van der Waals surface area (Å²) in [5.74, 6) is -2.34. The molecule has 0 aromatic rings. The summed E-state index contributed by atoms with van der Waals surface area (Å²) < 4.78 is 0. The first-order chi connectivity index (χ1) is 10.9. The van der Waals surface area contributed by atoms with Gasteiger partial charge >= 0.3 is 5.97 Å². The fourth-order valence-corrected chi connectivity index (χ4v) is 2.86. The molecule has 1 unspecified atom stereocenters. The second-order valence-corrected chi connectivity index (χ2v) is 5.62. The van der Waals surface area contributed by atoms with Crippen LogP contribution in [0.4, 0.5) is 0 Å². The Labute approximate surface area is 132 Å². The number of rotatable bonds is 5. The van der Waals surface area contributed by atoms with Crippen LogP contribution in [0.25, 0.3) is 0 Å². The summed E-state index contributed by atoms with van der Waals surface area (Å²) in [5, 5.41) is 13.5. The van der Waals surface area contributed by atoms with Gasteiger partial charge in [-0.1, -0.05) is 0 Å². The first-order valence-electron chi connectivity index (χ1n) is 7.54. The molecule has 9 heteroatoms. The molecule has 2 saturated heterocycles. The maximum absolute atomic E-state index is 12.4. The molecule has 23 heavy (non-hydrogen) atoms. The van der Waals surface area contributed by atoms with Gasteiger partial charge in [-0.15, -0.1) is 0 Å². The number of nitrogens with one attached hydrogen (secondary N) is 1. The zero-order chi connectivity index (χ0) is 17.0. The highest BCUT2D eigenvalue weighted by Crippen LogP contribution is 2.24. The van der Waals surface area contributed by atoms with Crippen molar-refractivity contribution in [1.82, 2.24) is 15.3 Å². The van der Waals surface area contributed by atoms with E-state index in [1.165, 1.54) is 10.0 Å². The fraction of sp³-hybridized carbons (Fsp3) is 0.643. The van der Waals surface area contributed by atoms with Crippen LogP contribution in [0.5, 0.6) is 0 Å². The van der Waals surface area contributed by atoms with Crippen LogP contribution in [-0.2, 0) is 24.0 Å². The number of carbonyl (C=O) groups excluding carboxylic acids is 4. The highest BCUT2D eigenvalue weighted by Gasteiger charge is 2.41. The average molecular weight is 325 g/mol. The number of hydrogen-bond donors (Lipinski definition) is 2. The molecule has 0 saturated carbocycles. The predicted octanol–water partition coefficient (Wildman–Crippen LogP) is -0.937. The fourth-order valence-electron chi connectivity index (χ4n) is 2.86. The van der Waals surface area contributed by atoms with Gasteiger partial charge < -0.3 is 15.2 Å². The Hall–Kier alpha value is -2.45. The van der Waals surface area contributed by atoms with Crippen molar-refractivity contribution in [3.8, 4) is 0 Å². The highest BCUT2D eigenvalue weighted by atomic mass is 16.4. The van der Waals surface area contributed by atoms with E-state index >= 15 is 0 Å². The number of aliphatic carboxylic acids is 1. The van der Waals surface area contributed by atoms with E-state index in [0.29, 0.717) is 32.1 Å². The number of nitrogens with zero attached hydrogens (tertiary/aromatic N) is 2. The minimum atomic E-state index is -1.21. The Bertz CT molecular complexity index is 535. The van der Waals surface area contributed by atoms with E-state index < -0.39 is 30.4 Å². The van der Waals surface area contributed by atoms with Gasteiger partial charge in [0, 0.05) is 19.4 Å². The van der Waals surface area contributed by atoms with Crippen LogP contribution in [0.1, 0.15) is 38.5 Å². The second kappa shape index (κ2) is 7.21. The second-order valence-electron chi connectivity index (χ2n) is 5.62. The van der Waals surface area contributed by atoms with Crippen molar-refractivity contribution in [3.63, 3.8) is 0 Å². The third-order valence-corrected chi connectivity index (χ3v) is 3.92. The summed E-state index contributed by atoms with van der Waals surface area (Å²) in [6.45, 7) is 0.376.